The van der Waals surface area contributed by atoms with Gasteiger partial charge in [0, 0.05) is 45.6 Å². The first-order valence-corrected chi connectivity index (χ1v) is 14.9. The first-order chi connectivity index (χ1) is 18.6. The van der Waals surface area contributed by atoms with Gasteiger partial charge in [0.25, 0.3) is 0 Å². The topological polar surface area (TPSA) is 79.7 Å². The number of fused-ring (bicyclic) bond motifs is 1. The molecule has 3 aromatic rings. The monoisotopic (exact) mass is 553 g/mol. The number of carbonyl (C=O) groups excluding carboxylic acids is 1. The average Bonchev–Trinajstić information content (AvgIpc) is 3.22. The van der Waals surface area contributed by atoms with Crippen LogP contribution >= 0.6 is 0 Å². The highest BCUT2D eigenvalue weighted by atomic mass is 32.2. The number of rotatable bonds is 10. The summed E-state index contributed by atoms with van der Waals surface area (Å²) in [6.07, 6.45) is 4.21. The van der Waals surface area contributed by atoms with E-state index in [0.29, 0.717) is 18.9 Å². The molecule has 1 fully saturated rings. The van der Waals surface area contributed by atoms with Gasteiger partial charge >= 0.3 is 0 Å². The summed E-state index contributed by atoms with van der Waals surface area (Å²) in [6, 6.07) is 10.5. The minimum Gasteiger partial charge on any atom is -0.497 e. The van der Waals surface area contributed by atoms with Crippen LogP contribution < -0.4 is 10.1 Å². The lowest BCUT2D eigenvalue weighted by Crippen LogP contribution is -2.39. The van der Waals surface area contributed by atoms with Crippen molar-refractivity contribution in [1.29, 1.82) is 0 Å². The van der Waals surface area contributed by atoms with Gasteiger partial charge in [-0.15, -0.1) is 0 Å². The molecule has 0 spiro atoms. The molecule has 0 aliphatic heterocycles. The van der Waals surface area contributed by atoms with Crippen molar-refractivity contribution in [2.75, 3.05) is 34.8 Å². The maximum absolute atomic E-state index is 13.2. The Morgan fingerprint density at radius 3 is 2.38 bits per heavy atom. The van der Waals surface area contributed by atoms with Crippen molar-refractivity contribution in [2.45, 2.75) is 69.4 Å². The third-order valence-corrected chi connectivity index (χ3v) is 9.46. The molecule has 1 atom stereocenters. The molecule has 1 heterocycles. The number of methoxy groups -OCH3 is 1. The van der Waals surface area contributed by atoms with Gasteiger partial charge in [0.2, 0.25) is 5.91 Å². The maximum atomic E-state index is 13.2. The van der Waals surface area contributed by atoms with E-state index < -0.39 is 11.0 Å². The molecule has 2 aromatic carbocycles. The minimum absolute atomic E-state index is 0.0154. The largest absolute Gasteiger partial charge is 0.497 e. The van der Waals surface area contributed by atoms with E-state index in [1.54, 1.807) is 18.5 Å². The van der Waals surface area contributed by atoms with Gasteiger partial charge in [-0.05, 0) is 94.6 Å². The van der Waals surface area contributed by atoms with E-state index in [4.69, 9.17) is 9.72 Å². The summed E-state index contributed by atoms with van der Waals surface area (Å²) in [5.74, 6) is 2.32. The molecule has 0 saturated heterocycles. The van der Waals surface area contributed by atoms with Crippen molar-refractivity contribution < 1.29 is 13.7 Å². The molecule has 1 saturated carbocycles. The highest BCUT2D eigenvalue weighted by molar-refractivity contribution is 7.82. The molecule has 1 aliphatic carbocycles. The summed E-state index contributed by atoms with van der Waals surface area (Å²) in [7, 11) is 8.36. The Balaban J connectivity index is 1.28. The third kappa shape index (κ3) is 6.88. The normalized spacial score (nSPS) is 18.6. The van der Waals surface area contributed by atoms with Crippen LogP contribution in [0.2, 0.25) is 0 Å². The summed E-state index contributed by atoms with van der Waals surface area (Å²) in [5.41, 5.74) is 5.35. The Morgan fingerprint density at radius 2 is 1.77 bits per heavy atom. The lowest BCUT2D eigenvalue weighted by molar-refractivity contribution is -0.122. The standard InChI is InChI=1S/C30H43N5O3S/c1-20-16-25(38-7)17-21(2)29(20)39(37)34(5)15-14-28(36)31-24-11-9-23(10-12-24)30-32-26-18-22(19-33(3)4)8-13-27(26)35(30)6/h8,13,16-18,23-24H,9-12,14-15,19H2,1-7H3,(H,31,36). The third-order valence-electron chi connectivity index (χ3n) is 7.72. The zero-order valence-electron chi connectivity index (χ0n) is 24.4. The number of nitrogens with zero attached hydrogens (tertiary/aromatic N) is 4. The van der Waals surface area contributed by atoms with Gasteiger partial charge in [-0.3, -0.25) is 4.79 Å². The summed E-state index contributed by atoms with van der Waals surface area (Å²) in [5, 5.41) is 3.22. The van der Waals surface area contributed by atoms with Crippen LogP contribution in [-0.4, -0.2) is 69.7 Å². The van der Waals surface area contributed by atoms with Gasteiger partial charge in [-0.1, -0.05) is 6.07 Å². The molecule has 1 N–H and O–H groups in total. The Morgan fingerprint density at radius 1 is 1.10 bits per heavy atom. The minimum atomic E-state index is -1.34. The van der Waals surface area contributed by atoms with Crippen molar-refractivity contribution in [3.8, 4) is 5.75 Å². The second-order valence-electron chi connectivity index (χ2n) is 11.1. The fourth-order valence-electron chi connectivity index (χ4n) is 5.69. The van der Waals surface area contributed by atoms with Crippen molar-refractivity contribution in [3.05, 3.63) is 52.8 Å². The van der Waals surface area contributed by atoms with E-state index in [1.807, 2.05) is 26.0 Å². The molecule has 212 valence electrons. The molecule has 1 aliphatic rings. The Labute approximate surface area is 235 Å². The smallest absolute Gasteiger partial charge is 0.221 e. The number of imidazole rings is 1. The molecule has 0 bridgehead atoms. The summed E-state index contributed by atoms with van der Waals surface area (Å²) in [4.78, 5) is 20.7. The predicted molar refractivity (Wildman–Crippen MR) is 157 cm³/mol. The van der Waals surface area contributed by atoms with Crippen LogP contribution in [0.3, 0.4) is 0 Å². The summed E-state index contributed by atoms with van der Waals surface area (Å²) in [6.45, 7) is 5.21. The Bertz CT molecular complexity index is 1320. The fraction of sp³-hybridized carbons (Fsp3) is 0.533. The van der Waals surface area contributed by atoms with Crippen LogP contribution in [0.5, 0.6) is 5.75 Å². The van der Waals surface area contributed by atoms with Crippen molar-refractivity contribution in [1.82, 2.24) is 24.1 Å². The number of nitrogens with one attached hydrogen (secondary N) is 1. The van der Waals surface area contributed by atoms with Crippen LogP contribution in [-0.2, 0) is 29.4 Å². The zero-order valence-corrected chi connectivity index (χ0v) is 25.2. The van der Waals surface area contributed by atoms with Crippen molar-refractivity contribution in [2.24, 2.45) is 7.05 Å². The number of aromatic nitrogens is 2. The molecular weight excluding hydrogens is 510 g/mol. The van der Waals surface area contributed by atoms with E-state index in [1.165, 1.54) is 11.1 Å². The van der Waals surface area contributed by atoms with Crippen LogP contribution in [0.1, 0.15) is 60.5 Å². The molecule has 1 unspecified atom stereocenters. The first-order valence-electron chi connectivity index (χ1n) is 13.7. The molecule has 4 rings (SSSR count). The molecule has 1 amide bonds. The Hall–Kier alpha value is -2.75. The first kappa shape index (κ1) is 29.2. The van der Waals surface area contributed by atoms with Gasteiger partial charge in [-0.2, -0.15) is 0 Å². The van der Waals surface area contributed by atoms with Crippen LogP contribution in [0.4, 0.5) is 0 Å². The molecule has 9 heteroatoms. The number of amides is 1. The second kappa shape index (κ2) is 12.6. The number of hydrogen-bond donors (Lipinski definition) is 1. The predicted octanol–water partition coefficient (Wildman–Crippen LogP) is 4.45. The van der Waals surface area contributed by atoms with Gasteiger partial charge in [-0.25, -0.2) is 13.5 Å². The van der Waals surface area contributed by atoms with E-state index in [2.05, 4.69) is 54.1 Å². The molecule has 8 nitrogen and oxygen atoms in total. The lowest BCUT2D eigenvalue weighted by Gasteiger charge is -2.29. The van der Waals surface area contributed by atoms with Gasteiger partial charge in [0.15, 0.2) is 0 Å². The maximum Gasteiger partial charge on any atom is 0.221 e. The van der Waals surface area contributed by atoms with Crippen LogP contribution in [0.15, 0.2) is 35.2 Å². The van der Waals surface area contributed by atoms with Crippen LogP contribution in [0, 0.1) is 13.8 Å². The SMILES string of the molecule is COc1cc(C)c(S(=O)N(C)CCC(=O)NC2CCC(c3nc4cc(CN(C)C)ccc4n3C)CC2)c(C)c1. The van der Waals surface area contributed by atoms with Crippen molar-refractivity contribution in [3.63, 3.8) is 0 Å². The van der Waals surface area contributed by atoms with Gasteiger partial charge < -0.3 is 19.5 Å². The molecule has 39 heavy (non-hydrogen) atoms. The van der Waals surface area contributed by atoms with E-state index in [0.717, 1.165) is 65.3 Å². The highest BCUT2D eigenvalue weighted by Gasteiger charge is 2.27. The highest BCUT2D eigenvalue weighted by Crippen LogP contribution is 2.34. The summed E-state index contributed by atoms with van der Waals surface area (Å²) >= 11 is 0. The van der Waals surface area contributed by atoms with E-state index in [-0.39, 0.29) is 11.9 Å². The zero-order chi connectivity index (χ0) is 28.3. The Kier molecular flexibility index (Phi) is 9.46. The molecule has 0 radical (unpaired) electrons. The number of aryl methyl sites for hydroxylation is 3. The number of benzene rings is 2. The van der Waals surface area contributed by atoms with Gasteiger partial charge in [0.1, 0.15) is 22.6 Å². The molecular formula is C30H43N5O3S. The number of carbonyl (C=O) groups is 1. The number of ether oxygens (including phenoxy) is 1. The quantitative estimate of drug-likeness (QED) is 0.401. The summed E-state index contributed by atoms with van der Waals surface area (Å²) < 4.78 is 22.5. The van der Waals surface area contributed by atoms with Gasteiger partial charge in [0.05, 0.1) is 23.0 Å². The molecule has 1 aromatic heterocycles. The second-order valence-corrected chi connectivity index (χ2v) is 12.7. The average molecular weight is 554 g/mol. The van der Waals surface area contributed by atoms with E-state index in [9.17, 15) is 9.00 Å². The lowest BCUT2D eigenvalue weighted by atomic mass is 9.85. The van der Waals surface area contributed by atoms with E-state index >= 15 is 0 Å². The fourth-order valence-corrected chi connectivity index (χ4v) is 6.93. The number of hydrogen-bond acceptors (Lipinski definition) is 5. The van der Waals surface area contributed by atoms with Crippen LogP contribution in [0.25, 0.3) is 11.0 Å². The van der Waals surface area contributed by atoms with Crippen molar-refractivity contribution >= 4 is 27.9 Å².